The van der Waals surface area contributed by atoms with E-state index in [0.29, 0.717) is 30.7 Å². The van der Waals surface area contributed by atoms with Gasteiger partial charge in [0.15, 0.2) is 0 Å². The Bertz CT molecular complexity index is 2640. The van der Waals surface area contributed by atoms with Crippen molar-refractivity contribution in [2.24, 2.45) is 28.6 Å². The van der Waals surface area contributed by atoms with Crippen molar-refractivity contribution in [3.63, 3.8) is 0 Å². The highest BCUT2D eigenvalue weighted by atomic mass is 35.5. The Morgan fingerprint density at radius 3 is 2.29 bits per heavy atom. The van der Waals surface area contributed by atoms with Crippen molar-refractivity contribution in [1.82, 2.24) is 19.8 Å². The van der Waals surface area contributed by atoms with Gasteiger partial charge in [-0.25, -0.2) is 4.98 Å². The van der Waals surface area contributed by atoms with Crippen LogP contribution in [0.25, 0.3) is 11.0 Å². The molecule has 5 fully saturated rings. The van der Waals surface area contributed by atoms with Gasteiger partial charge >= 0.3 is 0 Å². The monoisotopic (exact) mass is 977 g/mol. The van der Waals surface area contributed by atoms with Crippen molar-refractivity contribution in [2.45, 2.75) is 178 Å². The standard InChI is InChI=1S/C58H74Cl3N5O2/c1-11-35(3)57(59)32-55(57,9)52(67)64-28-13-16-49(64)44-15-12-14-38-30-39(17-23-43(38)36(4)37(44)5)47-25-26-48(66(47)42-21-19-41(20-22-42)54(6,7)8)40-18-24-45-46(31-40)63-51(62-45)50-34(2)27-29-65(50)53(68)56(10)33-58(56,60)61/h17-22,24,30-31,35-36,43,47-50H,2,11-16,23,25-29,32-33H2,1,3-10H3,(H,62,63). The third kappa shape index (κ3) is 7.76. The fraction of sp³-hybridized carbons (Fsp3) is 0.603. The molecule has 10 heteroatoms. The summed E-state index contributed by atoms with van der Waals surface area (Å²) in [6, 6.07) is 16.3. The first-order chi connectivity index (χ1) is 32.1. The zero-order valence-electron chi connectivity index (χ0n) is 42.1. The number of benzene rings is 2. The Morgan fingerprint density at radius 2 is 1.60 bits per heavy atom. The first-order valence-corrected chi connectivity index (χ1v) is 27.1. The molecule has 4 heterocycles. The number of hydrogen-bond acceptors (Lipinski definition) is 4. The summed E-state index contributed by atoms with van der Waals surface area (Å²) in [6.07, 6.45) is 16.6. The van der Waals surface area contributed by atoms with Gasteiger partial charge in [0.25, 0.3) is 0 Å². The van der Waals surface area contributed by atoms with Gasteiger partial charge in [-0.1, -0.05) is 96.0 Å². The van der Waals surface area contributed by atoms with Crippen LogP contribution in [-0.4, -0.2) is 66.0 Å². The van der Waals surface area contributed by atoms with Gasteiger partial charge in [-0.15, -0.1) is 34.8 Å². The molecule has 0 spiro atoms. The van der Waals surface area contributed by atoms with Crippen LogP contribution in [0.4, 0.5) is 5.69 Å². The number of hydrogen-bond donors (Lipinski definition) is 1. The molecular weight excluding hydrogens is 905 g/mol. The molecule has 68 heavy (non-hydrogen) atoms. The molecule has 1 aromatic heterocycles. The Labute approximate surface area is 421 Å². The van der Waals surface area contributed by atoms with Crippen molar-refractivity contribution < 1.29 is 9.59 Å². The first kappa shape index (κ1) is 48.1. The molecule has 4 aliphatic carbocycles. The van der Waals surface area contributed by atoms with Gasteiger partial charge in [0.2, 0.25) is 11.8 Å². The number of fused-ring (bicyclic) bond motifs is 2. The van der Waals surface area contributed by atoms with Crippen LogP contribution in [0.5, 0.6) is 0 Å². The molecule has 0 radical (unpaired) electrons. The SMILES string of the molecule is C=C1CCN(C(=O)C2(C)CC2(Cl)Cl)C1c1nc2ccc(C3CCC(C4=CCC5C(=C4)CCCC(C4CCCN4C(=O)C4(C)CC4(Cl)C(C)CC)=C(C)C5C)N3c3ccc(C(C)(C)C)cc3)cc2[nH]1. The second-order valence-electron chi connectivity index (χ2n) is 23.7. The summed E-state index contributed by atoms with van der Waals surface area (Å²) in [5, 5.41) is 0. The van der Waals surface area contributed by atoms with E-state index in [9.17, 15) is 9.59 Å². The van der Waals surface area contributed by atoms with Crippen molar-refractivity contribution in [3.05, 3.63) is 106 Å². The lowest BCUT2D eigenvalue weighted by atomic mass is 9.71. The highest BCUT2D eigenvalue weighted by Crippen LogP contribution is 2.67. The highest BCUT2D eigenvalue weighted by Gasteiger charge is 2.71. The summed E-state index contributed by atoms with van der Waals surface area (Å²) in [5.74, 6) is 2.17. The normalized spacial score (nSPS) is 34.2. The average molecular weight is 980 g/mol. The molecule has 0 bridgehead atoms. The largest absolute Gasteiger partial charge is 0.357 e. The number of amides is 2. The molecular formula is C58H74Cl3N5O2. The Hall–Kier alpha value is -3.52. The number of carbonyl (C=O) groups excluding carboxylic acids is 2. The minimum Gasteiger partial charge on any atom is -0.357 e. The smallest absolute Gasteiger partial charge is 0.232 e. The van der Waals surface area contributed by atoms with Crippen LogP contribution >= 0.6 is 34.8 Å². The molecule has 3 saturated heterocycles. The van der Waals surface area contributed by atoms with Gasteiger partial charge in [-0.2, -0.15) is 0 Å². The summed E-state index contributed by atoms with van der Waals surface area (Å²) in [7, 11) is 0. The van der Waals surface area contributed by atoms with Crippen molar-refractivity contribution >= 4 is 63.3 Å². The number of rotatable bonds is 9. The van der Waals surface area contributed by atoms with E-state index in [1.165, 1.54) is 33.5 Å². The summed E-state index contributed by atoms with van der Waals surface area (Å²) in [4.78, 5) is 43.4. The fourth-order valence-electron chi connectivity index (χ4n) is 13.6. The number of aromatic nitrogens is 2. The van der Waals surface area contributed by atoms with Gasteiger partial charge in [0, 0.05) is 18.8 Å². The summed E-state index contributed by atoms with van der Waals surface area (Å²) < 4.78 is -1.04. The predicted octanol–water partition coefficient (Wildman–Crippen LogP) is 14.4. The predicted molar refractivity (Wildman–Crippen MR) is 280 cm³/mol. The van der Waals surface area contributed by atoms with Crippen molar-refractivity contribution in [3.8, 4) is 0 Å². The lowest BCUT2D eigenvalue weighted by molar-refractivity contribution is -0.138. The molecule has 364 valence electrons. The zero-order chi connectivity index (χ0) is 48.5. The molecule has 7 aliphatic rings. The summed E-state index contributed by atoms with van der Waals surface area (Å²) >= 11 is 20.2. The number of alkyl halides is 3. The maximum absolute atomic E-state index is 14.4. The van der Waals surface area contributed by atoms with E-state index in [2.05, 4.69) is 131 Å². The van der Waals surface area contributed by atoms with E-state index in [-0.39, 0.29) is 41.4 Å². The number of H-pyrrole nitrogens is 1. The van der Waals surface area contributed by atoms with E-state index in [4.69, 9.17) is 39.8 Å². The maximum Gasteiger partial charge on any atom is 0.232 e. The van der Waals surface area contributed by atoms with Gasteiger partial charge in [-0.3, -0.25) is 9.59 Å². The summed E-state index contributed by atoms with van der Waals surface area (Å²) in [5.41, 5.74) is 11.5. The third-order valence-electron chi connectivity index (χ3n) is 18.7. The lowest BCUT2D eigenvalue weighted by Crippen LogP contribution is -2.44. The highest BCUT2D eigenvalue weighted by molar-refractivity contribution is 6.53. The van der Waals surface area contributed by atoms with E-state index in [0.717, 1.165) is 99.6 Å². The number of nitrogens with zero attached hydrogens (tertiary/aromatic N) is 4. The Morgan fingerprint density at radius 1 is 0.897 bits per heavy atom. The Kier molecular flexibility index (Phi) is 12.1. The molecule has 2 saturated carbocycles. The number of carbonyl (C=O) groups is 2. The van der Waals surface area contributed by atoms with Crippen molar-refractivity contribution in [1.29, 1.82) is 0 Å². The maximum atomic E-state index is 14.4. The number of nitrogens with one attached hydrogen (secondary N) is 1. The van der Waals surface area contributed by atoms with Crippen LogP contribution in [0.1, 0.15) is 168 Å². The minimum atomic E-state index is -1.04. The van der Waals surface area contributed by atoms with Gasteiger partial charge in [0.05, 0.1) is 44.9 Å². The zero-order valence-corrected chi connectivity index (χ0v) is 44.4. The molecule has 10 unspecified atom stereocenters. The average Bonchev–Trinajstić information content (AvgIpc) is 3.77. The van der Waals surface area contributed by atoms with Crippen LogP contribution in [-0.2, 0) is 15.0 Å². The van der Waals surface area contributed by atoms with Crippen LogP contribution in [0, 0.1) is 28.6 Å². The van der Waals surface area contributed by atoms with Gasteiger partial charge in [-0.05, 0) is 167 Å². The van der Waals surface area contributed by atoms with E-state index >= 15 is 0 Å². The lowest BCUT2D eigenvalue weighted by Gasteiger charge is -2.39. The van der Waals surface area contributed by atoms with E-state index in [1.54, 1.807) is 5.57 Å². The number of allylic oxidation sites excluding steroid dienone is 3. The van der Waals surface area contributed by atoms with E-state index < -0.39 is 20.0 Å². The fourth-order valence-corrected chi connectivity index (χ4v) is 14.8. The van der Waals surface area contributed by atoms with Crippen LogP contribution in [0.3, 0.4) is 0 Å². The van der Waals surface area contributed by atoms with Crippen LogP contribution < -0.4 is 4.90 Å². The van der Waals surface area contributed by atoms with Gasteiger partial charge in [0.1, 0.15) is 16.2 Å². The summed E-state index contributed by atoms with van der Waals surface area (Å²) in [6.45, 7) is 25.9. The van der Waals surface area contributed by atoms with Gasteiger partial charge < -0.3 is 19.7 Å². The molecule has 3 aliphatic heterocycles. The van der Waals surface area contributed by atoms with E-state index in [1.807, 2.05) is 11.8 Å². The second-order valence-corrected chi connectivity index (χ2v) is 25.8. The Balaban J connectivity index is 0.918. The first-order valence-electron chi connectivity index (χ1n) is 26.0. The number of halogens is 3. The number of likely N-dealkylation sites (tertiary alicyclic amines) is 2. The number of anilines is 1. The molecule has 1 N–H and O–H groups in total. The second kappa shape index (κ2) is 17.1. The number of imidazole rings is 1. The molecule has 10 atom stereocenters. The molecule has 2 amide bonds. The molecule has 3 aromatic rings. The van der Waals surface area contributed by atoms with Crippen molar-refractivity contribution in [2.75, 3.05) is 18.0 Å². The van der Waals surface area contributed by atoms with Crippen LogP contribution in [0.15, 0.2) is 89.1 Å². The van der Waals surface area contributed by atoms with Crippen LogP contribution in [0.2, 0.25) is 0 Å². The third-order valence-corrected chi connectivity index (χ3v) is 20.7. The molecule has 10 rings (SSSR count). The minimum absolute atomic E-state index is 0.0339. The molecule has 2 aromatic carbocycles. The topological polar surface area (TPSA) is 72.5 Å². The quantitative estimate of drug-likeness (QED) is 0.171. The number of aromatic amines is 1. The molecule has 7 nitrogen and oxygen atoms in total.